The molecule has 1 unspecified atom stereocenters. The second-order valence-corrected chi connectivity index (χ2v) is 4.85. The summed E-state index contributed by atoms with van der Waals surface area (Å²) in [6, 6.07) is 1.97. The monoisotopic (exact) mass is 289 g/mol. The van der Waals surface area contributed by atoms with Gasteiger partial charge in [0, 0.05) is 35.5 Å². The maximum absolute atomic E-state index is 5.52. The second-order valence-electron chi connectivity index (χ2n) is 4.42. The average molecular weight is 289 g/mol. The van der Waals surface area contributed by atoms with E-state index >= 15 is 0 Å². The van der Waals surface area contributed by atoms with Crippen LogP contribution in [0.4, 0.5) is 0 Å². The predicted molar refractivity (Wildman–Crippen MR) is 79.5 cm³/mol. The SMILES string of the molecule is CCOC(C)n1cc(-c2cnnc3c2ccn3S)cn1. The van der Waals surface area contributed by atoms with Crippen molar-refractivity contribution in [3.05, 3.63) is 30.9 Å². The molecule has 0 aliphatic heterocycles. The molecule has 0 fully saturated rings. The van der Waals surface area contributed by atoms with Gasteiger partial charge in [0.05, 0.1) is 12.4 Å². The van der Waals surface area contributed by atoms with Crippen LogP contribution in [0, 0.1) is 0 Å². The molecule has 104 valence electrons. The summed E-state index contributed by atoms with van der Waals surface area (Å²) in [6.45, 7) is 4.58. The van der Waals surface area contributed by atoms with Crippen molar-refractivity contribution in [2.24, 2.45) is 0 Å². The van der Waals surface area contributed by atoms with Crippen LogP contribution < -0.4 is 0 Å². The zero-order valence-electron chi connectivity index (χ0n) is 11.3. The van der Waals surface area contributed by atoms with E-state index in [1.165, 1.54) is 0 Å². The van der Waals surface area contributed by atoms with Gasteiger partial charge in [-0.05, 0) is 19.9 Å². The van der Waals surface area contributed by atoms with E-state index < -0.39 is 0 Å². The summed E-state index contributed by atoms with van der Waals surface area (Å²) in [5.74, 6) is 0. The minimum atomic E-state index is -0.0893. The summed E-state index contributed by atoms with van der Waals surface area (Å²) < 4.78 is 8.97. The van der Waals surface area contributed by atoms with Crippen LogP contribution in [0.15, 0.2) is 30.9 Å². The lowest BCUT2D eigenvalue weighted by Crippen LogP contribution is -2.09. The summed E-state index contributed by atoms with van der Waals surface area (Å²) in [5, 5.41) is 13.4. The maximum atomic E-state index is 5.52. The molecule has 0 saturated carbocycles. The van der Waals surface area contributed by atoms with Gasteiger partial charge in [0.15, 0.2) is 5.65 Å². The third kappa shape index (κ3) is 2.19. The van der Waals surface area contributed by atoms with E-state index in [1.54, 1.807) is 14.9 Å². The van der Waals surface area contributed by atoms with Crippen molar-refractivity contribution in [1.82, 2.24) is 24.0 Å². The molecule has 3 aromatic rings. The van der Waals surface area contributed by atoms with Crippen molar-refractivity contribution in [1.29, 1.82) is 0 Å². The third-order valence-electron chi connectivity index (χ3n) is 3.16. The predicted octanol–water partition coefficient (Wildman–Crippen LogP) is 2.54. The van der Waals surface area contributed by atoms with Gasteiger partial charge in [-0.1, -0.05) is 12.8 Å². The number of hydrogen-bond donors (Lipinski definition) is 1. The Kier molecular flexibility index (Phi) is 3.45. The summed E-state index contributed by atoms with van der Waals surface area (Å²) in [4.78, 5) is 0. The topological polar surface area (TPSA) is 57.8 Å². The van der Waals surface area contributed by atoms with Gasteiger partial charge >= 0.3 is 0 Å². The lowest BCUT2D eigenvalue weighted by Gasteiger charge is -2.11. The Balaban J connectivity index is 2.03. The molecule has 3 aromatic heterocycles. The van der Waals surface area contributed by atoms with Gasteiger partial charge in [0.2, 0.25) is 0 Å². The van der Waals surface area contributed by atoms with Crippen LogP contribution in [0.1, 0.15) is 20.1 Å². The molecule has 6 nitrogen and oxygen atoms in total. The molecule has 0 aliphatic carbocycles. The smallest absolute Gasteiger partial charge is 0.173 e. The van der Waals surface area contributed by atoms with E-state index in [2.05, 4.69) is 28.1 Å². The highest BCUT2D eigenvalue weighted by molar-refractivity contribution is 7.78. The fourth-order valence-corrected chi connectivity index (χ4v) is 2.37. The quantitative estimate of drug-likeness (QED) is 0.750. The summed E-state index contributed by atoms with van der Waals surface area (Å²) in [6.07, 6.45) is 7.25. The van der Waals surface area contributed by atoms with E-state index in [4.69, 9.17) is 4.74 Å². The normalized spacial score (nSPS) is 12.9. The second kappa shape index (κ2) is 5.26. The zero-order valence-corrected chi connectivity index (χ0v) is 12.2. The number of thiol groups is 1. The molecule has 3 rings (SSSR count). The van der Waals surface area contributed by atoms with Crippen LogP contribution in [0.25, 0.3) is 22.2 Å². The Bertz CT molecular complexity index is 735. The molecule has 0 bridgehead atoms. The van der Waals surface area contributed by atoms with Crippen LogP contribution in [-0.2, 0) is 4.74 Å². The maximum Gasteiger partial charge on any atom is 0.173 e. The van der Waals surface area contributed by atoms with Gasteiger partial charge in [-0.2, -0.15) is 10.2 Å². The van der Waals surface area contributed by atoms with Gasteiger partial charge in [-0.15, -0.1) is 5.10 Å². The van der Waals surface area contributed by atoms with E-state index in [9.17, 15) is 0 Å². The highest BCUT2D eigenvalue weighted by Crippen LogP contribution is 2.27. The van der Waals surface area contributed by atoms with Crippen LogP contribution in [-0.4, -0.2) is 30.6 Å². The number of hydrogen-bond acceptors (Lipinski definition) is 5. The molecule has 0 aliphatic rings. The van der Waals surface area contributed by atoms with Gasteiger partial charge in [0.25, 0.3) is 0 Å². The number of fused-ring (bicyclic) bond motifs is 1. The number of rotatable bonds is 4. The van der Waals surface area contributed by atoms with E-state index in [0.717, 1.165) is 22.2 Å². The van der Waals surface area contributed by atoms with Crippen LogP contribution >= 0.6 is 12.8 Å². The molecule has 3 heterocycles. The summed E-state index contributed by atoms with van der Waals surface area (Å²) in [5.41, 5.74) is 2.70. The standard InChI is InChI=1S/C13H15N5OS/c1-3-19-9(2)17-8-10(6-15-17)12-7-14-16-13-11(12)4-5-18(13)20/h4-9,20H,3H2,1-2H3. The minimum Gasteiger partial charge on any atom is -0.357 e. The number of aromatic nitrogens is 5. The number of nitrogens with zero attached hydrogens (tertiary/aromatic N) is 5. The van der Waals surface area contributed by atoms with Gasteiger partial charge in [-0.3, -0.25) is 3.97 Å². The largest absolute Gasteiger partial charge is 0.357 e. The Hall–Kier alpha value is -1.86. The van der Waals surface area contributed by atoms with Gasteiger partial charge in [0.1, 0.15) is 6.23 Å². The van der Waals surface area contributed by atoms with Crippen molar-refractivity contribution in [2.75, 3.05) is 6.61 Å². The molecule has 0 amide bonds. The summed E-state index contributed by atoms with van der Waals surface area (Å²) >= 11 is 4.30. The van der Waals surface area contributed by atoms with E-state index in [1.807, 2.05) is 38.5 Å². The van der Waals surface area contributed by atoms with Crippen molar-refractivity contribution < 1.29 is 4.74 Å². The zero-order chi connectivity index (χ0) is 14.1. The van der Waals surface area contributed by atoms with Gasteiger partial charge in [-0.25, -0.2) is 4.68 Å². The Morgan fingerprint density at radius 2 is 2.25 bits per heavy atom. The molecule has 20 heavy (non-hydrogen) atoms. The summed E-state index contributed by atoms with van der Waals surface area (Å²) in [7, 11) is 0. The minimum absolute atomic E-state index is 0.0893. The fraction of sp³-hybridized carbons (Fsp3) is 0.308. The first-order chi connectivity index (χ1) is 9.70. The van der Waals surface area contributed by atoms with Gasteiger partial charge < -0.3 is 4.74 Å². The van der Waals surface area contributed by atoms with Crippen molar-refractivity contribution in [2.45, 2.75) is 20.1 Å². The van der Waals surface area contributed by atoms with Crippen molar-refractivity contribution in [3.8, 4) is 11.1 Å². The average Bonchev–Trinajstić information content (AvgIpc) is 3.07. The Labute approximate surface area is 121 Å². The molecular formula is C13H15N5OS. The molecule has 0 spiro atoms. The van der Waals surface area contributed by atoms with E-state index in [-0.39, 0.29) is 6.23 Å². The fourth-order valence-electron chi connectivity index (χ4n) is 2.16. The number of ether oxygens (including phenoxy) is 1. The Morgan fingerprint density at radius 3 is 3.05 bits per heavy atom. The molecule has 0 radical (unpaired) electrons. The first kappa shape index (κ1) is 13.1. The highest BCUT2D eigenvalue weighted by Gasteiger charge is 2.12. The third-order valence-corrected chi connectivity index (χ3v) is 3.49. The molecule has 1 atom stereocenters. The lowest BCUT2D eigenvalue weighted by atomic mass is 10.1. The molecular weight excluding hydrogens is 274 g/mol. The molecule has 7 heteroatoms. The van der Waals surface area contributed by atoms with Crippen LogP contribution in [0.2, 0.25) is 0 Å². The van der Waals surface area contributed by atoms with Crippen LogP contribution in [0.5, 0.6) is 0 Å². The van der Waals surface area contributed by atoms with Crippen molar-refractivity contribution >= 4 is 23.8 Å². The Morgan fingerprint density at radius 1 is 1.40 bits per heavy atom. The highest BCUT2D eigenvalue weighted by atomic mass is 32.1. The van der Waals surface area contributed by atoms with Crippen molar-refractivity contribution in [3.63, 3.8) is 0 Å². The first-order valence-corrected chi connectivity index (χ1v) is 6.79. The molecule has 0 saturated heterocycles. The molecule has 0 aromatic carbocycles. The van der Waals surface area contributed by atoms with Crippen LogP contribution in [0.3, 0.4) is 0 Å². The van der Waals surface area contributed by atoms with E-state index in [0.29, 0.717) is 6.61 Å². The first-order valence-electron chi connectivity index (χ1n) is 6.39. The lowest BCUT2D eigenvalue weighted by molar-refractivity contribution is 0.0160. The molecule has 0 N–H and O–H groups in total.